The topological polar surface area (TPSA) is 29.3 Å². The van der Waals surface area contributed by atoms with Gasteiger partial charge in [0.1, 0.15) is 0 Å². The number of piperidine rings is 1. The molecule has 16 heavy (non-hydrogen) atoms. The van der Waals surface area contributed by atoms with Gasteiger partial charge in [-0.1, -0.05) is 29.8 Å². The second-order valence-electron chi connectivity index (χ2n) is 5.63. The predicted octanol–water partition coefficient (Wildman–Crippen LogP) is 1.78. The van der Waals surface area contributed by atoms with Crippen molar-refractivity contribution in [2.24, 2.45) is 17.1 Å². The molecule has 1 saturated heterocycles. The summed E-state index contributed by atoms with van der Waals surface area (Å²) in [5.41, 5.74) is 9.16. The first-order valence-electron chi connectivity index (χ1n) is 6.20. The van der Waals surface area contributed by atoms with Gasteiger partial charge >= 0.3 is 0 Å². The Labute approximate surface area is 97.4 Å². The van der Waals surface area contributed by atoms with Gasteiger partial charge in [-0.25, -0.2) is 0 Å². The van der Waals surface area contributed by atoms with Crippen molar-refractivity contribution in [3.63, 3.8) is 0 Å². The molecule has 2 atom stereocenters. The molecule has 0 spiro atoms. The van der Waals surface area contributed by atoms with Crippen LogP contribution in [0.15, 0.2) is 24.3 Å². The monoisotopic (exact) mass is 216 g/mol. The van der Waals surface area contributed by atoms with Gasteiger partial charge in [-0.3, -0.25) is 4.90 Å². The number of hydrogen-bond donors (Lipinski definition) is 1. The fourth-order valence-corrected chi connectivity index (χ4v) is 3.21. The Morgan fingerprint density at radius 2 is 2.38 bits per heavy atom. The number of benzene rings is 1. The molecule has 0 bridgehead atoms. The molecular weight excluding hydrogens is 196 g/mol. The van der Waals surface area contributed by atoms with Gasteiger partial charge in [-0.05, 0) is 36.8 Å². The average Bonchev–Trinajstić information content (AvgIpc) is 2.82. The largest absolute Gasteiger partial charge is 0.330 e. The Morgan fingerprint density at radius 1 is 1.50 bits per heavy atom. The maximum Gasteiger partial charge on any atom is 0.0234 e. The zero-order valence-electron chi connectivity index (χ0n) is 9.95. The highest BCUT2D eigenvalue weighted by Crippen LogP contribution is 2.57. The minimum atomic E-state index is 0.504. The molecule has 2 aliphatic rings. The van der Waals surface area contributed by atoms with Crippen LogP contribution in [0.4, 0.5) is 0 Å². The molecule has 3 rings (SSSR count). The molecule has 2 heteroatoms. The van der Waals surface area contributed by atoms with E-state index in [1.54, 1.807) is 0 Å². The molecule has 2 N–H and O–H groups in total. The lowest BCUT2D eigenvalue weighted by Gasteiger charge is -2.20. The summed E-state index contributed by atoms with van der Waals surface area (Å²) < 4.78 is 0. The Balaban J connectivity index is 1.65. The van der Waals surface area contributed by atoms with Crippen molar-refractivity contribution < 1.29 is 0 Å². The Bertz CT molecular complexity index is 397. The molecule has 2 unspecified atom stereocenters. The van der Waals surface area contributed by atoms with E-state index < -0.39 is 0 Å². The number of fused-ring (bicyclic) bond motifs is 1. The van der Waals surface area contributed by atoms with E-state index in [0.717, 1.165) is 19.0 Å². The van der Waals surface area contributed by atoms with Crippen LogP contribution >= 0.6 is 0 Å². The summed E-state index contributed by atoms with van der Waals surface area (Å²) in [6.07, 6.45) is 1.37. The molecule has 0 radical (unpaired) electrons. The number of hydrogen-bond acceptors (Lipinski definition) is 2. The third-order valence-corrected chi connectivity index (χ3v) is 4.27. The first-order valence-corrected chi connectivity index (χ1v) is 6.20. The SMILES string of the molecule is Cc1cccc(CN2CC3CC3(CN)C2)c1. The van der Waals surface area contributed by atoms with Crippen LogP contribution in [0.3, 0.4) is 0 Å². The van der Waals surface area contributed by atoms with E-state index in [1.807, 2.05) is 0 Å². The van der Waals surface area contributed by atoms with Crippen LogP contribution in [0.25, 0.3) is 0 Å². The number of nitrogens with two attached hydrogens (primary N) is 1. The molecule has 1 aliphatic carbocycles. The van der Waals surface area contributed by atoms with E-state index in [0.29, 0.717) is 5.41 Å². The summed E-state index contributed by atoms with van der Waals surface area (Å²) >= 11 is 0. The third-order valence-electron chi connectivity index (χ3n) is 4.27. The molecular formula is C14H20N2. The van der Waals surface area contributed by atoms with Crippen LogP contribution in [0.1, 0.15) is 17.5 Å². The standard InChI is InChI=1S/C14H20N2/c1-11-3-2-4-12(5-11)7-16-8-13-6-14(13,9-15)10-16/h2-5,13H,6-10,15H2,1H3. The van der Waals surface area contributed by atoms with Crippen LogP contribution in [0.5, 0.6) is 0 Å². The number of rotatable bonds is 3. The maximum atomic E-state index is 5.86. The average molecular weight is 216 g/mol. The maximum absolute atomic E-state index is 5.86. The number of likely N-dealkylation sites (tertiary alicyclic amines) is 1. The van der Waals surface area contributed by atoms with Gasteiger partial charge in [-0.15, -0.1) is 0 Å². The zero-order chi connectivity index (χ0) is 11.2. The Hall–Kier alpha value is -0.860. The fourth-order valence-electron chi connectivity index (χ4n) is 3.21. The normalized spacial score (nSPS) is 32.8. The predicted molar refractivity (Wildman–Crippen MR) is 66.1 cm³/mol. The van der Waals surface area contributed by atoms with Crippen molar-refractivity contribution >= 4 is 0 Å². The fraction of sp³-hybridized carbons (Fsp3) is 0.571. The van der Waals surface area contributed by atoms with Gasteiger partial charge in [0.15, 0.2) is 0 Å². The van der Waals surface area contributed by atoms with E-state index in [-0.39, 0.29) is 0 Å². The van der Waals surface area contributed by atoms with Crippen LogP contribution in [0.2, 0.25) is 0 Å². The van der Waals surface area contributed by atoms with E-state index in [4.69, 9.17) is 5.73 Å². The molecule has 86 valence electrons. The molecule has 1 aromatic rings. The molecule has 2 nitrogen and oxygen atoms in total. The summed E-state index contributed by atoms with van der Waals surface area (Å²) in [7, 11) is 0. The Morgan fingerprint density at radius 3 is 3.06 bits per heavy atom. The van der Waals surface area contributed by atoms with E-state index in [1.165, 1.54) is 30.6 Å². The highest BCUT2D eigenvalue weighted by atomic mass is 15.2. The van der Waals surface area contributed by atoms with Crippen LogP contribution in [-0.4, -0.2) is 24.5 Å². The second-order valence-corrected chi connectivity index (χ2v) is 5.63. The minimum Gasteiger partial charge on any atom is -0.330 e. The van der Waals surface area contributed by atoms with E-state index in [9.17, 15) is 0 Å². The van der Waals surface area contributed by atoms with Crippen molar-refractivity contribution in [3.8, 4) is 0 Å². The van der Waals surface area contributed by atoms with Gasteiger partial charge < -0.3 is 5.73 Å². The molecule has 1 saturated carbocycles. The summed E-state index contributed by atoms with van der Waals surface area (Å²) in [5.74, 6) is 0.891. The minimum absolute atomic E-state index is 0.504. The molecule has 0 amide bonds. The van der Waals surface area contributed by atoms with Crippen molar-refractivity contribution in [1.82, 2.24) is 4.90 Å². The van der Waals surface area contributed by atoms with Gasteiger partial charge in [0.05, 0.1) is 0 Å². The van der Waals surface area contributed by atoms with E-state index in [2.05, 4.69) is 36.1 Å². The molecule has 2 fully saturated rings. The molecule has 1 aliphatic heterocycles. The number of nitrogens with zero attached hydrogens (tertiary/aromatic N) is 1. The van der Waals surface area contributed by atoms with Crippen LogP contribution < -0.4 is 5.73 Å². The molecule has 1 aromatic carbocycles. The van der Waals surface area contributed by atoms with Crippen molar-refractivity contribution in [3.05, 3.63) is 35.4 Å². The molecule has 1 heterocycles. The summed E-state index contributed by atoms with van der Waals surface area (Å²) in [6.45, 7) is 6.60. The van der Waals surface area contributed by atoms with Gasteiger partial charge in [-0.2, -0.15) is 0 Å². The van der Waals surface area contributed by atoms with Crippen molar-refractivity contribution in [2.45, 2.75) is 19.9 Å². The lowest BCUT2D eigenvalue weighted by atomic mass is 10.1. The first-order chi connectivity index (χ1) is 7.72. The lowest BCUT2D eigenvalue weighted by Crippen LogP contribution is -2.28. The molecule has 0 aromatic heterocycles. The van der Waals surface area contributed by atoms with Gasteiger partial charge in [0.2, 0.25) is 0 Å². The van der Waals surface area contributed by atoms with Crippen molar-refractivity contribution in [2.75, 3.05) is 19.6 Å². The highest BCUT2D eigenvalue weighted by molar-refractivity contribution is 5.23. The quantitative estimate of drug-likeness (QED) is 0.834. The first kappa shape index (κ1) is 10.3. The zero-order valence-corrected chi connectivity index (χ0v) is 9.95. The van der Waals surface area contributed by atoms with E-state index >= 15 is 0 Å². The lowest BCUT2D eigenvalue weighted by molar-refractivity contribution is 0.274. The van der Waals surface area contributed by atoms with Gasteiger partial charge in [0.25, 0.3) is 0 Å². The second kappa shape index (κ2) is 3.57. The smallest absolute Gasteiger partial charge is 0.0234 e. The third kappa shape index (κ3) is 1.66. The summed E-state index contributed by atoms with van der Waals surface area (Å²) in [5, 5.41) is 0. The summed E-state index contributed by atoms with van der Waals surface area (Å²) in [6, 6.07) is 8.83. The highest BCUT2D eigenvalue weighted by Gasteiger charge is 2.58. The van der Waals surface area contributed by atoms with Crippen molar-refractivity contribution in [1.29, 1.82) is 0 Å². The Kier molecular flexibility index (Phi) is 2.30. The summed E-state index contributed by atoms with van der Waals surface area (Å²) in [4.78, 5) is 2.57. The van der Waals surface area contributed by atoms with Crippen LogP contribution in [-0.2, 0) is 6.54 Å². The van der Waals surface area contributed by atoms with Crippen LogP contribution in [0, 0.1) is 18.3 Å². The number of aryl methyl sites for hydroxylation is 1. The van der Waals surface area contributed by atoms with Gasteiger partial charge in [0, 0.05) is 19.6 Å².